The molecule has 6 nitrogen and oxygen atoms in total. The van der Waals surface area contributed by atoms with Crippen LogP contribution in [0.3, 0.4) is 0 Å². The summed E-state index contributed by atoms with van der Waals surface area (Å²) >= 11 is 0. The lowest BCUT2D eigenvalue weighted by molar-refractivity contribution is -0.142. The van der Waals surface area contributed by atoms with Gasteiger partial charge in [0.25, 0.3) is 0 Å². The Kier molecular flexibility index (Phi) is 8.28. The van der Waals surface area contributed by atoms with Crippen molar-refractivity contribution in [2.24, 2.45) is 0 Å². The molecule has 0 N–H and O–H groups in total. The van der Waals surface area contributed by atoms with Gasteiger partial charge in [-0.1, -0.05) is 39.0 Å². The van der Waals surface area contributed by atoms with Crippen molar-refractivity contribution in [2.45, 2.75) is 64.4 Å². The van der Waals surface area contributed by atoms with Crippen molar-refractivity contribution in [1.82, 2.24) is 9.97 Å². The van der Waals surface area contributed by atoms with E-state index in [1.54, 1.807) is 12.4 Å². The number of benzene rings is 1. The normalized spacial score (nSPS) is 15.9. The van der Waals surface area contributed by atoms with Gasteiger partial charge in [0.15, 0.2) is 11.6 Å². The maximum Gasteiger partial charge on any atom is 0.306 e. The fourth-order valence-corrected chi connectivity index (χ4v) is 3.20. The van der Waals surface area contributed by atoms with Crippen LogP contribution in [0, 0.1) is 0 Å². The molecule has 1 atom stereocenters. The van der Waals surface area contributed by atoms with Crippen molar-refractivity contribution in [2.75, 3.05) is 13.2 Å². The third kappa shape index (κ3) is 7.04. The molecule has 0 aliphatic carbocycles. The molecule has 0 saturated carbocycles. The highest BCUT2D eigenvalue weighted by atomic mass is 16.6. The first-order valence-corrected chi connectivity index (χ1v) is 10.6. The predicted molar refractivity (Wildman–Crippen MR) is 111 cm³/mol. The highest BCUT2D eigenvalue weighted by molar-refractivity contribution is 5.71. The monoisotopic (exact) mass is 398 g/mol. The molecule has 0 bridgehead atoms. The van der Waals surface area contributed by atoms with E-state index in [2.05, 4.69) is 16.9 Å². The highest BCUT2D eigenvalue weighted by Crippen LogP contribution is 2.22. The van der Waals surface area contributed by atoms with Gasteiger partial charge in [-0.15, -0.1) is 0 Å². The van der Waals surface area contributed by atoms with Crippen molar-refractivity contribution in [3.8, 4) is 22.9 Å². The Morgan fingerprint density at radius 2 is 1.69 bits per heavy atom. The zero-order chi connectivity index (χ0) is 20.3. The summed E-state index contributed by atoms with van der Waals surface area (Å²) in [5.74, 6) is 1.93. The minimum absolute atomic E-state index is 0.144. The Labute approximate surface area is 172 Å². The standard InChI is InChI=1S/C23H30N2O4/c1-2-3-4-5-6-7-14-27-21-15-24-23(25-16-21)18-8-10-19(11-9-18)28-17-20-12-13-22(26)29-20/h8-11,15-16,20H,2-7,12-14,17H2,1H3/t20-/m0/s1. The third-order valence-corrected chi connectivity index (χ3v) is 4.91. The van der Waals surface area contributed by atoms with Crippen LogP contribution in [-0.4, -0.2) is 35.3 Å². The molecule has 0 spiro atoms. The van der Waals surface area contributed by atoms with Crippen LogP contribution in [0.1, 0.15) is 58.3 Å². The summed E-state index contributed by atoms with van der Waals surface area (Å²) in [6.45, 7) is 3.31. The fraction of sp³-hybridized carbons (Fsp3) is 0.522. The summed E-state index contributed by atoms with van der Waals surface area (Å²) < 4.78 is 16.6. The van der Waals surface area contributed by atoms with Gasteiger partial charge < -0.3 is 14.2 Å². The molecule has 1 saturated heterocycles. The molecule has 1 aromatic carbocycles. The molecule has 29 heavy (non-hydrogen) atoms. The maximum atomic E-state index is 11.1. The van der Waals surface area contributed by atoms with Gasteiger partial charge in [-0.2, -0.15) is 0 Å². The van der Waals surface area contributed by atoms with Gasteiger partial charge >= 0.3 is 5.97 Å². The first-order chi connectivity index (χ1) is 14.2. The molecule has 2 heterocycles. The number of rotatable bonds is 12. The van der Waals surface area contributed by atoms with E-state index >= 15 is 0 Å². The van der Waals surface area contributed by atoms with Crippen LogP contribution in [0.2, 0.25) is 0 Å². The minimum Gasteiger partial charge on any atom is -0.490 e. The van der Waals surface area contributed by atoms with Crippen LogP contribution >= 0.6 is 0 Å². The molecule has 0 radical (unpaired) electrons. The summed E-state index contributed by atoms with van der Waals surface area (Å²) in [7, 11) is 0. The van der Waals surface area contributed by atoms with Crippen LogP contribution in [0.5, 0.6) is 11.5 Å². The number of ether oxygens (including phenoxy) is 3. The third-order valence-electron chi connectivity index (χ3n) is 4.91. The Hall–Kier alpha value is -2.63. The van der Waals surface area contributed by atoms with Gasteiger partial charge in [-0.05, 0) is 37.1 Å². The SMILES string of the molecule is CCCCCCCCOc1cnc(-c2ccc(OC[C@@H]3CCC(=O)O3)cc2)nc1. The van der Waals surface area contributed by atoms with Crippen molar-refractivity contribution >= 4 is 5.97 Å². The molecule has 2 aromatic rings. The van der Waals surface area contributed by atoms with Gasteiger partial charge in [-0.3, -0.25) is 4.79 Å². The molecule has 3 rings (SSSR count). The van der Waals surface area contributed by atoms with Crippen LogP contribution in [0.25, 0.3) is 11.4 Å². The Morgan fingerprint density at radius 3 is 2.38 bits per heavy atom. The zero-order valence-electron chi connectivity index (χ0n) is 17.1. The lowest BCUT2D eigenvalue weighted by atomic mass is 10.1. The molecule has 1 fully saturated rings. The highest BCUT2D eigenvalue weighted by Gasteiger charge is 2.23. The average Bonchev–Trinajstić information content (AvgIpc) is 3.18. The van der Waals surface area contributed by atoms with Gasteiger partial charge in [0.2, 0.25) is 0 Å². The second-order valence-electron chi connectivity index (χ2n) is 7.34. The molecule has 6 heteroatoms. The summed E-state index contributed by atoms with van der Waals surface area (Å²) in [6, 6.07) is 7.58. The van der Waals surface area contributed by atoms with Crippen molar-refractivity contribution < 1.29 is 19.0 Å². The van der Waals surface area contributed by atoms with E-state index in [0.717, 1.165) is 24.2 Å². The number of carbonyl (C=O) groups excluding carboxylic acids is 1. The number of aromatic nitrogens is 2. The molecule has 1 aliphatic rings. The Morgan fingerprint density at radius 1 is 0.966 bits per heavy atom. The zero-order valence-corrected chi connectivity index (χ0v) is 17.1. The smallest absolute Gasteiger partial charge is 0.306 e. The average molecular weight is 399 g/mol. The number of unbranched alkanes of at least 4 members (excludes halogenated alkanes) is 5. The minimum atomic E-state index is -0.148. The lowest BCUT2D eigenvalue weighted by Crippen LogP contribution is -2.17. The van der Waals surface area contributed by atoms with E-state index in [1.165, 1.54) is 32.1 Å². The maximum absolute atomic E-state index is 11.1. The first-order valence-electron chi connectivity index (χ1n) is 10.6. The van der Waals surface area contributed by atoms with E-state index in [0.29, 0.717) is 31.2 Å². The van der Waals surface area contributed by atoms with Crippen LogP contribution in [0.4, 0.5) is 0 Å². The van der Waals surface area contributed by atoms with E-state index < -0.39 is 0 Å². The second-order valence-corrected chi connectivity index (χ2v) is 7.34. The number of nitrogens with zero attached hydrogens (tertiary/aromatic N) is 2. The molecule has 0 amide bonds. The Bertz CT molecular complexity index is 746. The summed E-state index contributed by atoms with van der Waals surface area (Å²) in [4.78, 5) is 19.9. The van der Waals surface area contributed by atoms with Gasteiger partial charge in [0.1, 0.15) is 18.5 Å². The molecule has 0 unspecified atom stereocenters. The van der Waals surface area contributed by atoms with Crippen LogP contribution < -0.4 is 9.47 Å². The van der Waals surface area contributed by atoms with E-state index in [9.17, 15) is 4.79 Å². The second kappa shape index (κ2) is 11.4. The number of hydrogen-bond donors (Lipinski definition) is 0. The quantitative estimate of drug-likeness (QED) is 0.371. The predicted octanol–water partition coefficient (Wildman–Crippen LogP) is 4.97. The number of cyclic esters (lactones) is 1. The summed E-state index contributed by atoms with van der Waals surface area (Å²) in [5, 5.41) is 0. The first kappa shape index (κ1) is 21.1. The number of carbonyl (C=O) groups is 1. The molecule has 156 valence electrons. The van der Waals surface area contributed by atoms with Crippen molar-refractivity contribution in [3.63, 3.8) is 0 Å². The van der Waals surface area contributed by atoms with Crippen LogP contribution in [-0.2, 0) is 9.53 Å². The van der Waals surface area contributed by atoms with E-state index in [-0.39, 0.29) is 12.1 Å². The van der Waals surface area contributed by atoms with Crippen molar-refractivity contribution in [3.05, 3.63) is 36.7 Å². The van der Waals surface area contributed by atoms with Gasteiger partial charge in [0, 0.05) is 12.0 Å². The molecular formula is C23H30N2O4. The molecular weight excluding hydrogens is 368 g/mol. The Balaban J connectivity index is 1.40. The van der Waals surface area contributed by atoms with E-state index in [1.807, 2.05) is 24.3 Å². The number of hydrogen-bond acceptors (Lipinski definition) is 6. The van der Waals surface area contributed by atoms with Crippen molar-refractivity contribution in [1.29, 1.82) is 0 Å². The lowest BCUT2D eigenvalue weighted by Gasteiger charge is -2.11. The number of esters is 1. The van der Waals surface area contributed by atoms with Gasteiger partial charge in [0.05, 0.1) is 19.0 Å². The summed E-state index contributed by atoms with van der Waals surface area (Å²) in [6.07, 6.45) is 11.9. The topological polar surface area (TPSA) is 70.5 Å². The summed E-state index contributed by atoms with van der Waals surface area (Å²) in [5.41, 5.74) is 0.909. The van der Waals surface area contributed by atoms with Gasteiger partial charge in [-0.25, -0.2) is 9.97 Å². The molecule has 1 aromatic heterocycles. The fourth-order valence-electron chi connectivity index (χ4n) is 3.20. The largest absolute Gasteiger partial charge is 0.490 e. The van der Waals surface area contributed by atoms with Crippen LogP contribution in [0.15, 0.2) is 36.7 Å². The molecule has 1 aliphatic heterocycles. The van der Waals surface area contributed by atoms with E-state index in [4.69, 9.17) is 14.2 Å².